The summed E-state index contributed by atoms with van der Waals surface area (Å²) in [6.07, 6.45) is 6.75. The highest BCUT2D eigenvalue weighted by Gasteiger charge is 2.27. The average molecular weight is 341 g/mol. The predicted molar refractivity (Wildman–Crippen MR) is 95.3 cm³/mol. The van der Waals surface area contributed by atoms with Crippen molar-refractivity contribution in [3.05, 3.63) is 64.4 Å². The Labute approximate surface area is 147 Å². The minimum absolute atomic E-state index is 0.159. The lowest BCUT2D eigenvalue weighted by Crippen LogP contribution is -2.27. The van der Waals surface area contributed by atoms with Crippen LogP contribution >= 0.6 is 11.6 Å². The van der Waals surface area contributed by atoms with Crippen molar-refractivity contribution < 1.29 is 4.79 Å². The van der Waals surface area contributed by atoms with Gasteiger partial charge in [0.1, 0.15) is 0 Å². The first-order chi connectivity index (χ1) is 11.7. The Morgan fingerprint density at radius 1 is 1.12 bits per heavy atom. The van der Waals surface area contributed by atoms with E-state index in [4.69, 9.17) is 11.6 Å². The van der Waals surface area contributed by atoms with E-state index in [1.54, 1.807) is 6.20 Å². The Balaban J connectivity index is 1.60. The van der Waals surface area contributed by atoms with Crippen LogP contribution in [0.1, 0.15) is 60.8 Å². The van der Waals surface area contributed by atoms with Gasteiger partial charge in [0.25, 0.3) is 0 Å². The molecule has 0 radical (unpaired) electrons. The summed E-state index contributed by atoms with van der Waals surface area (Å²) in [4.78, 5) is 16.1. The molecule has 2 aromatic rings. The molecule has 4 heteroatoms. The van der Waals surface area contributed by atoms with Gasteiger partial charge in [0.2, 0.25) is 5.91 Å². The molecule has 1 aliphatic carbocycles. The molecule has 1 saturated heterocycles. The Morgan fingerprint density at radius 3 is 2.50 bits per heavy atom. The number of halogens is 1. The van der Waals surface area contributed by atoms with Crippen molar-refractivity contribution in [1.29, 1.82) is 0 Å². The van der Waals surface area contributed by atoms with Gasteiger partial charge < -0.3 is 5.32 Å². The number of hydrogen-bond donors (Lipinski definition) is 1. The molecule has 2 fully saturated rings. The molecule has 2 aliphatic rings. The van der Waals surface area contributed by atoms with Gasteiger partial charge in [0.15, 0.2) is 0 Å². The minimum Gasteiger partial charge on any atom is -0.353 e. The van der Waals surface area contributed by atoms with Gasteiger partial charge in [-0.15, -0.1) is 0 Å². The second-order valence-corrected chi connectivity index (χ2v) is 7.37. The van der Waals surface area contributed by atoms with Gasteiger partial charge in [-0.1, -0.05) is 35.9 Å². The molecule has 24 heavy (non-hydrogen) atoms. The fourth-order valence-corrected chi connectivity index (χ4v) is 3.69. The summed E-state index contributed by atoms with van der Waals surface area (Å²) in [5.74, 6) is 1.10. The van der Waals surface area contributed by atoms with E-state index in [-0.39, 0.29) is 17.9 Å². The van der Waals surface area contributed by atoms with Crippen LogP contribution in [0.25, 0.3) is 0 Å². The van der Waals surface area contributed by atoms with Crippen molar-refractivity contribution in [2.45, 2.75) is 50.0 Å². The Morgan fingerprint density at radius 2 is 1.92 bits per heavy atom. The first kappa shape index (κ1) is 15.6. The minimum atomic E-state index is 0.159. The molecule has 1 unspecified atom stereocenters. The molecule has 0 bridgehead atoms. The molecule has 124 valence electrons. The van der Waals surface area contributed by atoms with Gasteiger partial charge in [-0.2, -0.15) is 0 Å². The topological polar surface area (TPSA) is 42.0 Å². The third kappa shape index (κ3) is 3.46. The number of carbonyl (C=O) groups excluding carboxylic acids is 1. The number of hydrogen-bond acceptors (Lipinski definition) is 2. The lowest BCUT2D eigenvalue weighted by Gasteiger charge is -2.21. The maximum Gasteiger partial charge on any atom is 0.220 e. The highest BCUT2D eigenvalue weighted by molar-refractivity contribution is 6.30. The van der Waals surface area contributed by atoms with Crippen molar-refractivity contribution in [3.8, 4) is 0 Å². The van der Waals surface area contributed by atoms with Crippen LogP contribution in [0.15, 0.2) is 42.6 Å². The SMILES string of the molecule is O=C1CC[C@H](CC(c2ccc(C3CC3)cc2)c2ccc(Cl)cn2)N1. The third-order valence-electron chi connectivity index (χ3n) is 5.10. The van der Waals surface area contributed by atoms with E-state index < -0.39 is 0 Å². The molecular formula is C20H21ClN2O. The molecule has 0 spiro atoms. The lowest BCUT2D eigenvalue weighted by molar-refractivity contribution is -0.119. The molecule has 3 nitrogen and oxygen atoms in total. The molecule has 1 aromatic heterocycles. The first-order valence-electron chi connectivity index (χ1n) is 8.70. The highest BCUT2D eigenvalue weighted by Crippen LogP contribution is 2.40. The maximum atomic E-state index is 11.5. The summed E-state index contributed by atoms with van der Waals surface area (Å²) < 4.78 is 0. The molecule has 2 atom stereocenters. The van der Waals surface area contributed by atoms with Crippen molar-refractivity contribution in [1.82, 2.24) is 10.3 Å². The largest absolute Gasteiger partial charge is 0.353 e. The fraction of sp³-hybridized carbons (Fsp3) is 0.400. The van der Waals surface area contributed by atoms with Gasteiger partial charge >= 0.3 is 0 Å². The molecule has 1 aliphatic heterocycles. The van der Waals surface area contributed by atoms with Crippen molar-refractivity contribution in [3.63, 3.8) is 0 Å². The molecule has 1 saturated carbocycles. The van der Waals surface area contributed by atoms with Crippen LogP contribution in [0, 0.1) is 0 Å². The standard InChI is InChI=1S/C20H21ClN2O/c21-16-7-9-19(22-12-16)18(11-17-8-10-20(24)23-17)15-5-3-14(4-6-15)13-1-2-13/h3-7,9,12-13,17-18H,1-2,8,10-11H2,(H,23,24)/t17-,18?/m1/s1. The second kappa shape index (κ2) is 6.56. The smallest absolute Gasteiger partial charge is 0.220 e. The number of carbonyl (C=O) groups is 1. The Bertz CT molecular complexity index is 722. The molecule has 1 N–H and O–H groups in total. The number of pyridine rings is 1. The van der Waals surface area contributed by atoms with E-state index in [2.05, 4.69) is 34.6 Å². The molecule has 4 rings (SSSR count). The summed E-state index contributed by atoms with van der Waals surface area (Å²) >= 11 is 5.99. The van der Waals surface area contributed by atoms with Gasteiger partial charge in [-0.25, -0.2) is 0 Å². The summed E-state index contributed by atoms with van der Waals surface area (Å²) in [6.45, 7) is 0. The van der Waals surface area contributed by atoms with Gasteiger partial charge in [0, 0.05) is 30.3 Å². The van der Waals surface area contributed by atoms with Crippen LogP contribution in [0.5, 0.6) is 0 Å². The zero-order chi connectivity index (χ0) is 16.5. The van der Waals surface area contributed by atoms with Crippen LogP contribution in [-0.4, -0.2) is 16.9 Å². The fourth-order valence-electron chi connectivity index (χ4n) is 3.58. The predicted octanol–water partition coefficient (Wildman–Crippen LogP) is 4.41. The van der Waals surface area contributed by atoms with E-state index in [1.807, 2.05) is 12.1 Å². The van der Waals surface area contributed by atoms with E-state index in [0.717, 1.165) is 24.5 Å². The number of nitrogens with zero attached hydrogens (tertiary/aromatic N) is 1. The second-order valence-electron chi connectivity index (χ2n) is 6.93. The summed E-state index contributed by atoms with van der Waals surface area (Å²) in [5, 5.41) is 3.73. The summed E-state index contributed by atoms with van der Waals surface area (Å²) in [5.41, 5.74) is 3.71. The lowest BCUT2D eigenvalue weighted by atomic mass is 9.87. The molecule has 1 aromatic carbocycles. The van der Waals surface area contributed by atoms with E-state index in [0.29, 0.717) is 11.4 Å². The number of rotatable bonds is 5. The van der Waals surface area contributed by atoms with Gasteiger partial charge in [0.05, 0.1) is 5.02 Å². The quantitative estimate of drug-likeness (QED) is 0.875. The molecular weight excluding hydrogens is 320 g/mol. The van der Waals surface area contributed by atoms with Crippen LogP contribution in [-0.2, 0) is 4.79 Å². The summed E-state index contributed by atoms with van der Waals surface area (Å²) in [6, 6.07) is 13.1. The molecule has 1 amide bonds. The van der Waals surface area contributed by atoms with Gasteiger partial charge in [-0.3, -0.25) is 9.78 Å². The van der Waals surface area contributed by atoms with Crippen molar-refractivity contribution >= 4 is 17.5 Å². The number of benzene rings is 1. The van der Waals surface area contributed by atoms with Crippen molar-refractivity contribution in [2.24, 2.45) is 0 Å². The van der Waals surface area contributed by atoms with Crippen LogP contribution in [0.3, 0.4) is 0 Å². The Kier molecular flexibility index (Phi) is 4.28. The van der Waals surface area contributed by atoms with E-state index >= 15 is 0 Å². The van der Waals surface area contributed by atoms with Crippen LogP contribution in [0.2, 0.25) is 5.02 Å². The monoisotopic (exact) mass is 340 g/mol. The average Bonchev–Trinajstić information content (AvgIpc) is 3.37. The maximum absolute atomic E-state index is 11.5. The summed E-state index contributed by atoms with van der Waals surface area (Å²) in [7, 11) is 0. The van der Waals surface area contributed by atoms with Gasteiger partial charge in [-0.05, 0) is 54.9 Å². The number of aromatic nitrogens is 1. The Hall–Kier alpha value is -1.87. The van der Waals surface area contributed by atoms with E-state index in [9.17, 15) is 4.79 Å². The zero-order valence-corrected chi connectivity index (χ0v) is 14.3. The third-order valence-corrected chi connectivity index (χ3v) is 5.32. The van der Waals surface area contributed by atoms with Crippen molar-refractivity contribution in [2.75, 3.05) is 0 Å². The highest BCUT2D eigenvalue weighted by atomic mass is 35.5. The molecule has 2 heterocycles. The number of amides is 1. The van der Waals surface area contributed by atoms with Crippen LogP contribution < -0.4 is 5.32 Å². The first-order valence-corrected chi connectivity index (χ1v) is 9.07. The normalized spacial score (nSPS) is 21.5. The van der Waals surface area contributed by atoms with E-state index in [1.165, 1.54) is 24.0 Å². The van der Waals surface area contributed by atoms with Crippen LogP contribution in [0.4, 0.5) is 0 Å². The number of nitrogens with one attached hydrogen (secondary N) is 1. The zero-order valence-electron chi connectivity index (χ0n) is 13.5.